The van der Waals surface area contributed by atoms with Gasteiger partial charge in [-0.3, -0.25) is 0 Å². The lowest BCUT2D eigenvalue weighted by atomic mass is 10.2. The zero-order valence-electron chi connectivity index (χ0n) is 13.5. The van der Waals surface area contributed by atoms with Crippen molar-refractivity contribution in [2.24, 2.45) is 5.18 Å². The van der Waals surface area contributed by atoms with Gasteiger partial charge in [-0.2, -0.15) is 10.2 Å². The summed E-state index contributed by atoms with van der Waals surface area (Å²) in [6, 6.07) is 1.84. The number of ether oxygens (including phenoxy) is 1. The van der Waals surface area contributed by atoms with Crippen molar-refractivity contribution >= 4 is 5.97 Å². The molecular formula is C16H25N3O3. The highest BCUT2D eigenvalue weighted by molar-refractivity contribution is 5.93. The summed E-state index contributed by atoms with van der Waals surface area (Å²) in [5.41, 5.74) is -0.0312. The maximum atomic E-state index is 11.7. The Morgan fingerprint density at radius 3 is 2.59 bits per heavy atom. The first kappa shape index (κ1) is 19.8. The average Bonchev–Trinajstić information content (AvgIpc) is 2.53. The third kappa shape index (κ3) is 9.70. The van der Waals surface area contributed by atoms with Gasteiger partial charge in [0.05, 0.1) is 13.2 Å². The Balaban J connectivity index is 4.57. The van der Waals surface area contributed by atoms with Crippen LogP contribution in [0.4, 0.5) is 0 Å². The van der Waals surface area contributed by atoms with E-state index in [2.05, 4.69) is 12.1 Å². The van der Waals surface area contributed by atoms with Crippen LogP contribution in [0.1, 0.15) is 39.5 Å². The number of nitrogens with zero attached hydrogens (tertiary/aromatic N) is 3. The smallest absolute Gasteiger partial charge is 0.348 e. The first-order valence-corrected chi connectivity index (χ1v) is 7.68. The lowest BCUT2D eigenvalue weighted by molar-refractivity contribution is -0.138. The summed E-state index contributed by atoms with van der Waals surface area (Å²) in [5.74, 6) is -0.602. The summed E-state index contributed by atoms with van der Waals surface area (Å²) in [6.07, 6.45) is 8.57. The van der Waals surface area contributed by atoms with E-state index in [0.29, 0.717) is 13.2 Å². The number of hydrogen-bond acceptors (Lipinski definition) is 6. The molecular weight excluding hydrogens is 282 g/mol. The van der Waals surface area contributed by atoms with Crippen LogP contribution in [0.3, 0.4) is 0 Å². The number of allylic oxidation sites excluding steroid dienone is 2. The maximum absolute atomic E-state index is 11.7. The van der Waals surface area contributed by atoms with E-state index in [9.17, 15) is 9.70 Å². The fourth-order valence-corrected chi connectivity index (χ4v) is 1.59. The third-order valence-corrected chi connectivity index (χ3v) is 2.91. The summed E-state index contributed by atoms with van der Waals surface area (Å²) in [5, 5.41) is 11.8. The second kappa shape index (κ2) is 13.8. The van der Waals surface area contributed by atoms with E-state index in [1.165, 1.54) is 6.08 Å². The molecule has 0 saturated carbocycles. The third-order valence-electron chi connectivity index (χ3n) is 2.91. The van der Waals surface area contributed by atoms with E-state index >= 15 is 0 Å². The Labute approximate surface area is 132 Å². The van der Waals surface area contributed by atoms with Gasteiger partial charge in [0.15, 0.2) is 0 Å². The highest BCUT2D eigenvalue weighted by Crippen LogP contribution is 2.01. The van der Waals surface area contributed by atoms with Gasteiger partial charge in [-0.25, -0.2) is 4.79 Å². The molecule has 0 N–H and O–H groups in total. The Morgan fingerprint density at radius 2 is 2.00 bits per heavy atom. The van der Waals surface area contributed by atoms with E-state index in [1.807, 2.05) is 17.9 Å². The van der Waals surface area contributed by atoms with Gasteiger partial charge in [0.25, 0.3) is 0 Å². The molecule has 0 aliphatic rings. The molecule has 22 heavy (non-hydrogen) atoms. The Hall–Kier alpha value is -2.16. The van der Waals surface area contributed by atoms with Crippen LogP contribution in [0, 0.1) is 16.2 Å². The summed E-state index contributed by atoms with van der Waals surface area (Å²) in [4.78, 5) is 23.8. The van der Waals surface area contributed by atoms with Gasteiger partial charge in [0.2, 0.25) is 0 Å². The van der Waals surface area contributed by atoms with Crippen LogP contribution in [0.25, 0.3) is 0 Å². The predicted octanol–water partition coefficient (Wildman–Crippen LogP) is 3.16. The standard InChI is InChI=1S/C16H25N3O3/c1-3-5-10-19(12-9-18-21)11-7-8-15(14-17)16(20)22-13-6-4-2/h7-8,11H,3-6,9-10,12-13H2,1-2H3/b11-7+,15-8+. The van der Waals surface area contributed by atoms with Crippen molar-refractivity contribution in [2.45, 2.75) is 39.5 Å². The number of esters is 1. The van der Waals surface area contributed by atoms with Crippen molar-refractivity contribution in [3.05, 3.63) is 28.8 Å². The van der Waals surface area contributed by atoms with Crippen LogP contribution in [-0.4, -0.2) is 37.1 Å². The molecule has 0 radical (unpaired) electrons. The van der Waals surface area contributed by atoms with Crippen LogP contribution in [-0.2, 0) is 9.53 Å². The van der Waals surface area contributed by atoms with Crippen LogP contribution in [0.5, 0.6) is 0 Å². The minimum absolute atomic E-state index is 0.0312. The number of carbonyl (C=O) groups excluding carboxylic acids is 1. The minimum atomic E-state index is -0.602. The molecule has 122 valence electrons. The van der Waals surface area contributed by atoms with Gasteiger partial charge in [-0.1, -0.05) is 31.9 Å². The van der Waals surface area contributed by atoms with Gasteiger partial charge in [-0.15, -0.1) is 0 Å². The van der Waals surface area contributed by atoms with E-state index < -0.39 is 5.97 Å². The number of rotatable bonds is 12. The normalized spacial score (nSPS) is 11.2. The van der Waals surface area contributed by atoms with E-state index in [-0.39, 0.29) is 12.1 Å². The largest absolute Gasteiger partial charge is 0.462 e. The van der Waals surface area contributed by atoms with Crippen molar-refractivity contribution in [3.8, 4) is 6.07 Å². The SMILES string of the molecule is CCCCOC(=O)/C(C#N)=C/C=C/N(CCCC)CCN=O. The van der Waals surface area contributed by atoms with E-state index in [0.717, 1.165) is 32.2 Å². The first-order chi connectivity index (χ1) is 10.7. The van der Waals surface area contributed by atoms with Gasteiger partial charge < -0.3 is 9.64 Å². The minimum Gasteiger partial charge on any atom is -0.462 e. The van der Waals surface area contributed by atoms with Gasteiger partial charge in [0.1, 0.15) is 11.6 Å². The Bertz CT molecular complexity index is 425. The molecule has 0 rings (SSSR count). The zero-order valence-corrected chi connectivity index (χ0v) is 13.5. The van der Waals surface area contributed by atoms with Crippen LogP contribution < -0.4 is 0 Å². The quantitative estimate of drug-likeness (QED) is 0.138. The van der Waals surface area contributed by atoms with Gasteiger partial charge >= 0.3 is 5.97 Å². The average molecular weight is 307 g/mol. The second-order valence-corrected chi connectivity index (χ2v) is 4.77. The molecule has 0 heterocycles. The zero-order chi connectivity index (χ0) is 16.6. The van der Waals surface area contributed by atoms with Crippen molar-refractivity contribution in [3.63, 3.8) is 0 Å². The summed E-state index contributed by atoms with van der Waals surface area (Å²) < 4.78 is 4.99. The molecule has 0 fully saturated rings. The molecule has 6 heteroatoms. The van der Waals surface area contributed by atoms with Crippen LogP contribution in [0.15, 0.2) is 29.1 Å². The first-order valence-electron chi connectivity index (χ1n) is 7.68. The molecule has 0 aromatic carbocycles. The predicted molar refractivity (Wildman–Crippen MR) is 85.8 cm³/mol. The maximum Gasteiger partial charge on any atom is 0.348 e. The Kier molecular flexibility index (Phi) is 12.5. The number of unbranched alkanes of at least 4 members (excludes halogenated alkanes) is 2. The van der Waals surface area contributed by atoms with E-state index in [1.54, 1.807) is 12.3 Å². The van der Waals surface area contributed by atoms with Crippen LogP contribution >= 0.6 is 0 Å². The second-order valence-electron chi connectivity index (χ2n) is 4.77. The van der Waals surface area contributed by atoms with Gasteiger partial charge in [0, 0.05) is 13.1 Å². The van der Waals surface area contributed by atoms with Crippen molar-refractivity contribution in [1.82, 2.24) is 4.90 Å². The molecule has 0 aromatic rings. The van der Waals surface area contributed by atoms with Crippen molar-refractivity contribution in [2.75, 3.05) is 26.2 Å². The highest BCUT2D eigenvalue weighted by atomic mass is 16.5. The molecule has 6 nitrogen and oxygen atoms in total. The van der Waals surface area contributed by atoms with Crippen molar-refractivity contribution in [1.29, 1.82) is 5.26 Å². The van der Waals surface area contributed by atoms with E-state index in [4.69, 9.17) is 10.00 Å². The van der Waals surface area contributed by atoms with Gasteiger partial charge in [-0.05, 0) is 31.2 Å². The molecule has 0 spiro atoms. The number of nitroso groups, excluding NO2 is 1. The molecule has 0 aliphatic carbocycles. The molecule has 0 amide bonds. The summed E-state index contributed by atoms with van der Waals surface area (Å²) in [6.45, 7) is 5.94. The number of carbonyl (C=O) groups is 1. The summed E-state index contributed by atoms with van der Waals surface area (Å²) in [7, 11) is 0. The molecule has 0 aromatic heterocycles. The van der Waals surface area contributed by atoms with Crippen LogP contribution in [0.2, 0.25) is 0 Å². The lowest BCUT2D eigenvalue weighted by Gasteiger charge is -2.17. The topological polar surface area (TPSA) is 82.8 Å². The fourth-order valence-electron chi connectivity index (χ4n) is 1.59. The lowest BCUT2D eigenvalue weighted by Crippen LogP contribution is -2.21. The molecule has 0 unspecified atom stereocenters. The number of nitriles is 1. The Morgan fingerprint density at radius 1 is 1.27 bits per heavy atom. The van der Waals surface area contributed by atoms with Crippen molar-refractivity contribution < 1.29 is 9.53 Å². The molecule has 0 aliphatic heterocycles. The highest BCUT2D eigenvalue weighted by Gasteiger charge is 2.08. The molecule has 0 bridgehead atoms. The molecule has 0 atom stereocenters. The fraction of sp³-hybridized carbons (Fsp3) is 0.625. The summed E-state index contributed by atoms with van der Waals surface area (Å²) >= 11 is 0. The molecule has 0 saturated heterocycles. The number of hydrogen-bond donors (Lipinski definition) is 0. The monoisotopic (exact) mass is 307 g/mol.